The molecule has 0 atom stereocenters. The molecule has 0 N–H and O–H groups in total. The smallest absolute Gasteiger partial charge is 0.0449 e. The van der Waals surface area contributed by atoms with E-state index in [1.165, 1.54) is 132 Å². The summed E-state index contributed by atoms with van der Waals surface area (Å²) < 4.78 is 0. The first-order valence-corrected chi connectivity index (χ1v) is 18.4. The maximum atomic E-state index is 2.36. The minimum absolute atomic E-state index is 1.24. The summed E-state index contributed by atoms with van der Waals surface area (Å²) in [6.45, 7) is 4.59. The highest BCUT2D eigenvalue weighted by molar-refractivity contribution is 7.28. The lowest BCUT2D eigenvalue weighted by Gasteiger charge is -2.00. The molecular weight excluding hydrogens is 537 g/mol. The normalized spacial score (nSPS) is 11.5. The van der Waals surface area contributed by atoms with Gasteiger partial charge in [0, 0.05) is 39.0 Å². The van der Waals surface area contributed by atoms with Gasteiger partial charge in [0.05, 0.1) is 0 Å². The molecule has 0 aliphatic carbocycles. The van der Waals surface area contributed by atoms with Crippen molar-refractivity contribution < 1.29 is 0 Å². The van der Waals surface area contributed by atoms with Crippen LogP contribution in [0.1, 0.15) is 113 Å². The van der Waals surface area contributed by atoms with Crippen molar-refractivity contribution in [2.75, 3.05) is 0 Å². The van der Waals surface area contributed by atoms with Gasteiger partial charge in [-0.25, -0.2) is 0 Å². The summed E-state index contributed by atoms with van der Waals surface area (Å²) in [4.78, 5) is 11.6. The summed E-state index contributed by atoms with van der Waals surface area (Å²) in [7, 11) is 0. The van der Waals surface area contributed by atoms with Crippen molar-refractivity contribution in [2.24, 2.45) is 0 Å². The second kappa shape index (κ2) is 16.8. The van der Waals surface area contributed by atoms with Crippen molar-refractivity contribution in [1.29, 1.82) is 0 Å². The van der Waals surface area contributed by atoms with Crippen molar-refractivity contribution in [3.05, 3.63) is 58.3 Å². The van der Waals surface area contributed by atoms with Crippen LogP contribution in [0.25, 0.3) is 29.3 Å². The van der Waals surface area contributed by atoms with Gasteiger partial charge in [-0.1, -0.05) is 90.9 Å². The molecule has 0 aromatic carbocycles. The molecule has 38 heavy (non-hydrogen) atoms. The van der Waals surface area contributed by atoms with Crippen molar-refractivity contribution in [3.63, 3.8) is 0 Å². The van der Waals surface area contributed by atoms with Crippen LogP contribution in [0, 0.1) is 0 Å². The SMILES string of the molecule is CCCCCCCCCc1ccc(-c2ccc(-c3ccc(-c4ccc(CCCCCCCCC)s4)s3)s2)s1. The molecule has 206 valence electrons. The fourth-order valence-corrected chi connectivity index (χ4v) is 9.39. The van der Waals surface area contributed by atoms with Crippen molar-refractivity contribution in [2.45, 2.75) is 117 Å². The van der Waals surface area contributed by atoms with Crippen LogP contribution in [0.2, 0.25) is 0 Å². The lowest BCUT2D eigenvalue weighted by atomic mass is 10.1. The standard InChI is InChI=1S/C34H46S4/c1-3-5-7-9-11-13-15-17-27-19-21-29(35-27)31-23-25-33(37-31)34-26-24-32(38-34)30-22-20-28(36-30)18-16-14-12-10-8-6-4-2/h19-26H,3-18H2,1-2H3. The Bertz CT molecular complexity index is 1080. The number of aryl methyl sites for hydroxylation is 2. The Morgan fingerprint density at radius 2 is 0.632 bits per heavy atom. The van der Waals surface area contributed by atoms with Crippen molar-refractivity contribution in [3.8, 4) is 29.3 Å². The molecule has 0 unspecified atom stereocenters. The van der Waals surface area contributed by atoms with Crippen LogP contribution >= 0.6 is 45.3 Å². The molecule has 0 aliphatic rings. The van der Waals surface area contributed by atoms with E-state index in [-0.39, 0.29) is 0 Å². The Labute approximate surface area is 248 Å². The molecule has 4 aromatic heterocycles. The second-order valence-corrected chi connectivity index (χ2v) is 15.1. The lowest BCUT2D eigenvalue weighted by Crippen LogP contribution is -1.82. The third-order valence-electron chi connectivity index (χ3n) is 7.32. The number of unbranched alkanes of at least 4 members (excludes halogenated alkanes) is 12. The summed E-state index contributed by atoms with van der Waals surface area (Å²) in [6, 6.07) is 18.7. The summed E-state index contributed by atoms with van der Waals surface area (Å²) in [5.74, 6) is 0. The minimum atomic E-state index is 1.24. The molecule has 4 aromatic rings. The molecule has 4 rings (SSSR count). The zero-order valence-corrected chi connectivity index (χ0v) is 26.8. The van der Waals surface area contributed by atoms with Gasteiger partial charge in [0.25, 0.3) is 0 Å². The molecule has 0 fully saturated rings. The van der Waals surface area contributed by atoms with E-state index >= 15 is 0 Å². The summed E-state index contributed by atoms with van der Waals surface area (Å²) in [5.41, 5.74) is 0. The van der Waals surface area contributed by atoms with Gasteiger partial charge in [0.1, 0.15) is 0 Å². The molecule has 0 nitrogen and oxygen atoms in total. The first kappa shape index (κ1) is 29.8. The average Bonchev–Trinajstić information content (AvgIpc) is 3.73. The van der Waals surface area contributed by atoms with Gasteiger partial charge in [0.15, 0.2) is 0 Å². The summed E-state index contributed by atoms with van der Waals surface area (Å²) in [5, 5.41) is 0. The van der Waals surface area contributed by atoms with Crippen LogP contribution in [0.4, 0.5) is 0 Å². The van der Waals surface area contributed by atoms with Crippen LogP contribution < -0.4 is 0 Å². The van der Waals surface area contributed by atoms with Crippen LogP contribution in [-0.2, 0) is 12.8 Å². The Balaban J connectivity index is 1.24. The van der Waals surface area contributed by atoms with E-state index in [9.17, 15) is 0 Å². The van der Waals surface area contributed by atoms with E-state index in [1.807, 2.05) is 45.3 Å². The Kier molecular flexibility index (Phi) is 13.2. The van der Waals surface area contributed by atoms with Crippen LogP contribution in [-0.4, -0.2) is 0 Å². The molecular formula is C34H46S4. The number of hydrogen-bond donors (Lipinski definition) is 0. The van der Waals surface area contributed by atoms with Crippen LogP contribution in [0.5, 0.6) is 0 Å². The van der Waals surface area contributed by atoms with E-state index in [4.69, 9.17) is 0 Å². The number of thiophene rings is 4. The van der Waals surface area contributed by atoms with Gasteiger partial charge in [-0.3, -0.25) is 0 Å². The van der Waals surface area contributed by atoms with Crippen molar-refractivity contribution in [1.82, 2.24) is 0 Å². The molecule has 0 saturated carbocycles. The molecule has 0 radical (unpaired) electrons. The third kappa shape index (κ3) is 9.47. The first-order valence-electron chi connectivity index (χ1n) is 15.1. The molecule has 0 bridgehead atoms. The predicted molar refractivity (Wildman–Crippen MR) is 178 cm³/mol. The van der Waals surface area contributed by atoms with E-state index in [0.717, 1.165) is 0 Å². The molecule has 4 heteroatoms. The lowest BCUT2D eigenvalue weighted by molar-refractivity contribution is 0.590. The van der Waals surface area contributed by atoms with Gasteiger partial charge in [0.2, 0.25) is 0 Å². The van der Waals surface area contributed by atoms with E-state index in [0.29, 0.717) is 0 Å². The van der Waals surface area contributed by atoms with Crippen LogP contribution in [0.15, 0.2) is 48.5 Å². The highest BCUT2D eigenvalue weighted by atomic mass is 32.1. The predicted octanol–water partition coefficient (Wildman–Crippen LogP) is 13.5. The molecule has 4 heterocycles. The Morgan fingerprint density at radius 3 is 1.00 bits per heavy atom. The maximum Gasteiger partial charge on any atom is 0.0449 e. The zero-order chi connectivity index (χ0) is 26.4. The number of hydrogen-bond acceptors (Lipinski definition) is 4. The van der Waals surface area contributed by atoms with E-state index < -0.39 is 0 Å². The van der Waals surface area contributed by atoms with Crippen LogP contribution in [0.3, 0.4) is 0 Å². The largest absolute Gasteiger partial charge is 0.139 e. The Morgan fingerprint density at radius 1 is 0.342 bits per heavy atom. The third-order valence-corrected chi connectivity index (χ3v) is 12.4. The van der Waals surface area contributed by atoms with Gasteiger partial charge >= 0.3 is 0 Å². The van der Waals surface area contributed by atoms with E-state index in [2.05, 4.69) is 62.4 Å². The first-order chi connectivity index (χ1) is 18.8. The monoisotopic (exact) mass is 582 g/mol. The molecule has 0 spiro atoms. The van der Waals surface area contributed by atoms with Gasteiger partial charge in [-0.05, 0) is 74.2 Å². The van der Waals surface area contributed by atoms with Gasteiger partial charge in [-0.2, -0.15) is 0 Å². The quantitative estimate of drug-likeness (QED) is 0.0964. The highest BCUT2D eigenvalue weighted by Crippen LogP contribution is 2.43. The number of rotatable bonds is 19. The topological polar surface area (TPSA) is 0 Å². The second-order valence-electron chi connectivity index (χ2n) is 10.6. The summed E-state index contributed by atoms with van der Waals surface area (Å²) in [6.07, 6.45) is 21.9. The molecule has 0 saturated heterocycles. The van der Waals surface area contributed by atoms with E-state index in [1.54, 1.807) is 9.75 Å². The zero-order valence-electron chi connectivity index (χ0n) is 23.6. The summed E-state index contributed by atoms with van der Waals surface area (Å²) >= 11 is 7.90. The highest BCUT2D eigenvalue weighted by Gasteiger charge is 2.12. The fourth-order valence-electron chi connectivity index (χ4n) is 5.01. The average molecular weight is 583 g/mol. The maximum absolute atomic E-state index is 2.36. The molecule has 0 amide bonds. The minimum Gasteiger partial charge on any atom is -0.139 e. The van der Waals surface area contributed by atoms with Crippen molar-refractivity contribution >= 4 is 45.3 Å². The van der Waals surface area contributed by atoms with Gasteiger partial charge in [-0.15, -0.1) is 45.3 Å². The van der Waals surface area contributed by atoms with Gasteiger partial charge < -0.3 is 0 Å². The Hall–Kier alpha value is -1.20. The fraction of sp³-hybridized carbons (Fsp3) is 0.529. The molecule has 0 aliphatic heterocycles.